The molecule has 0 saturated heterocycles. The average Bonchev–Trinajstić information content (AvgIpc) is 2.55. The quantitative estimate of drug-likeness (QED) is 0.882. The van der Waals surface area contributed by atoms with Gasteiger partial charge >= 0.3 is 0 Å². The van der Waals surface area contributed by atoms with Crippen LogP contribution in [0.25, 0.3) is 0 Å². The number of halogens is 2. The number of hydrogen-bond acceptors (Lipinski definition) is 2. The molecule has 1 atom stereocenters. The van der Waals surface area contributed by atoms with E-state index in [1.165, 1.54) is 0 Å². The Morgan fingerprint density at radius 1 is 1.00 bits per heavy atom. The van der Waals surface area contributed by atoms with Gasteiger partial charge in [0.15, 0.2) is 0 Å². The molecule has 0 saturated carbocycles. The summed E-state index contributed by atoms with van der Waals surface area (Å²) < 4.78 is 26.6. The maximum atomic E-state index is 13.7. The van der Waals surface area contributed by atoms with E-state index in [2.05, 4.69) is 10.6 Å². The smallest absolute Gasteiger partial charge is 0.251 e. The lowest BCUT2D eigenvalue weighted by molar-refractivity contribution is -0.118. The third-order valence-electron chi connectivity index (χ3n) is 3.46. The number of rotatable bonds is 5. The number of anilines is 1. The standard InChI is InChI=1S/C18H18F2N2O2/c1-11(2)16(22-17(23)12-6-4-3-5-7-12)18(24)21-15-9-8-13(19)10-14(15)20/h3-11,16H,1-2H3,(H,21,24)(H,22,23). The summed E-state index contributed by atoms with van der Waals surface area (Å²) in [6, 6.07) is 10.5. The molecular weight excluding hydrogens is 314 g/mol. The molecular formula is C18H18F2N2O2. The molecule has 0 aromatic heterocycles. The lowest BCUT2D eigenvalue weighted by Crippen LogP contribution is -2.47. The Hall–Kier alpha value is -2.76. The number of carbonyl (C=O) groups is 2. The molecule has 24 heavy (non-hydrogen) atoms. The van der Waals surface area contributed by atoms with Crippen LogP contribution in [0, 0.1) is 17.6 Å². The summed E-state index contributed by atoms with van der Waals surface area (Å²) in [5, 5.41) is 5.02. The van der Waals surface area contributed by atoms with E-state index >= 15 is 0 Å². The minimum absolute atomic E-state index is 0.138. The fourth-order valence-corrected chi connectivity index (χ4v) is 2.15. The summed E-state index contributed by atoms with van der Waals surface area (Å²) in [5.74, 6) is -2.80. The van der Waals surface area contributed by atoms with Crippen molar-refractivity contribution in [2.24, 2.45) is 5.92 Å². The van der Waals surface area contributed by atoms with Crippen LogP contribution in [0.5, 0.6) is 0 Å². The molecule has 6 heteroatoms. The molecule has 2 amide bonds. The van der Waals surface area contributed by atoms with Gasteiger partial charge in [-0.3, -0.25) is 9.59 Å². The molecule has 2 rings (SSSR count). The van der Waals surface area contributed by atoms with Gasteiger partial charge in [-0.25, -0.2) is 8.78 Å². The summed E-state index contributed by atoms with van der Waals surface area (Å²) in [7, 11) is 0. The van der Waals surface area contributed by atoms with E-state index < -0.39 is 29.5 Å². The molecule has 1 unspecified atom stereocenters. The lowest BCUT2D eigenvalue weighted by atomic mass is 10.0. The first kappa shape index (κ1) is 17.6. The van der Waals surface area contributed by atoms with Gasteiger partial charge in [0.2, 0.25) is 5.91 Å². The Bertz CT molecular complexity index is 733. The molecule has 0 spiro atoms. The molecule has 4 nitrogen and oxygen atoms in total. The average molecular weight is 332 g/mol. The highest BCUT2D eigenvalue weighted by Gasteiger charge is 2.25. The van der Waals surface area contributed by atoms with Crippen LogP contribution >= 0.6 is 0 Å². The van der Waals surface area contributed by atoms with Crippen LogP contribution in [0.2, 0.25) is 0 Å². The molecule has 2 N–H and O–H groups in total. The molecule has 0 aliphatic rings. The van der Waals surface area contributed by atoms with E-state index in [1.54, 1.807) is 44.2 Å². The summed E-state index contributed by atoms with van der Waals surface area (Å²) in [5.41, 5.74) is 0.282. The van der Waals surface area contributed by atoms with Crippen molar-refractivity contribution in [1.29, 1.82) is 0 Å². The Morgan fingerprint density at radius 3 is 2.25 bits per heavy atom. The van der Waals surface area contributed by atoms with Crippen LogP contribution in [0.3, 0.4) is 0 Å². The van der Waals surface area contributed by atoms with Crippen molar-refractivity contribution < 1.29 is 18.4 Å². The normalized spacial score (nSPS) is 11.9. The predicted molar refractivity (Wildman–Crippen MR) is 87.5 cm³/mol. The molecule has 126 valence electrons. The highest BCUT2D eigenvalue weighted by molar-refractivity contribution is 6.01. The second-order valence-electron chi connectivity index (χ2n) is 5.67. The second-order valence-corrected chi connectivity index (χ2v) is 5.67. The van der Waals surface area contributed by atoms with Gasteiger partial charge in [0.1, 0.15) is 17.7 Å². The lowest BCUT2D eigenvalue weighted by Gasteiger charge is -2.22. The van der Waals surface area contributed by atoms with Gasteiger partial charge in [-0.15, -0.1) is 0 Å². The third kappa shape index (κ3) is 4.38. The molecule has 0 bridgehead atoms. The maximum Gasteiger partial charge on any atom is 0.251 e. The third-order valence-corrected chi connectivity index (χ3v) is 3.46. The molecule has 0 fully saturated rings. The number of benzene rings is 2. The highest BCUT2D eigenvalue weighted by Crippen LogP contribution is 2.16. The zero-order chi connectivity index (χ0) is 17.7. The Labute approximate surface area is 138 Å². The highest BCUT2D eigenvalue weighted by atomic mass is 19.1. The van der Waals surface area contributed by atoms with E-state index in [4.69, 9.17) is 0 Å². The monoisotopic (exact) mass is 332 g/mol. The van der Waals surface area contributed by atoms with Crippen LogP contribution < -0.4 is 10.6 Å². The minimum atomic E-state index is -0.875. The van der Waals surface area contributed by atoms with Gasteiger partial charge in [0.25, 0.3) is 5.91 Å². The SMILES string of the molecule is CC(C)C(NC(=O)c1ccccc1)C(=O)Nc1ccc(F)cc1F. The van der Waals surface area contributed by atoms with E-state index in [-0.39, 0.29) is 11.6 Å². The van der Waals surface area contributed by atoms with Gasteiger partial charge in [-0.2, -0.15) is 0 Å². The predicted octanol–water partition coefficient (Wildman–Crippen LogP) is 3.36. The van der Waals surface area contributed by atoms with Gasteiger partial charge in [0, 0.05) is 11.6 Å². The summed E-state index contributed by atoms with van der Waals surface area (Å²) in [6.45, 7) is 3.52. The van der Waals surface area contributed by atoms with Crippen molar-refractivity contribution in [1.82, 2.24) is 5.32 Å². The molecule has 0 aliphatic heterocycles. The number of carbonyl (C=O) groups excluding carboxylic acids is 2. The first-order valence-corrected chi connectivity index (χ1v) is 7.50. The fraction of sp³-hybridized carbons (Fsp3) is 0.222. The second kappa shape index (κ2) is 7.68. The molecule has 0 heterocycles. The first-order valence-electron chi connectivity index (χ1n) is 7.50. The van der Waals surface area contributed by atoms with Crippen molar-refractivity contribution in [3.8, 4) is 0 Å². The van der Waals surface area contributed by atoms with Crippen LogP contribution in [0.15, 0.2) is 48.5 Å². The Kier molecular flexibility index (Phi) is 5.63. The van der Waals surface area contributed by atoms with Crippen molar-refractivity contribution >= 4 is 17.5 Å². The minimum Gasteiger partial charge on any atom is -0.340 e. The molecule has 2 aromatic rings. The van der Waals surface area contributed by atoms with Crippen molar-refractivity contribution in [2.45, 2.75) is 19.9 Å². The van der Waals surface area contributed by atoms with Crippen molar-refractivity contribution in [3.63, 3.8) is 0 Å². The van der Waals surface area contributed by atoms with E-state index in [1.807, 2.05) is 0 Å². The van der Waals surface area contributed by atoms with E-state index in [0.717, 1.165) is 12.1 Å². The zero-order valence-electron chi connectivity index (χ0n) is 13.3. The number of amides is 2. The molecule has 0 radical (unpaired) electrons. The maximum absolute atomic E-state index is 13.7. The van der Waals surface area contributed by atoms with Crippen molar-refractivity contribution in [2.75, 3.05) is 5.32 Å². The Morgan fingerprint density at radius 2 is 1.67 bits per heavy atom. The largest absolute Gasteiger partial charge is 0.340 e. The first-order chi connectivity index (χ1) is 11.4. The summed E-state index contributed by atoms with van der Waals surface area (Å²) in [6.07, 6.45) is 0. The van der Waals surface area contributed by atoms with E-state index in [9.17, 15) is 18.4 Å². The number of hydrogen-bond donors (Lipinski definition) is 2. The fourth-order valence-electron chi connectivity index (χ4n) is 2.15. The van der Waals surface area contributed by atoms with Gasteiger partial charge in [-0.05, 0) is 30.2 Å². The number of nitrogens with one attached hydrogen (secondary N) is 2. The van der Waals surface area contributed by atoms with Gasteiger partial charge in [0.05, 0.1) is 5.69 Å². The van der Waals surface area contributed by atoms with Crippen LogP contribution in [-0.4, -0.2) is 17.9 Å². The van der Waals surface area contributed by atoms with E-state index in [0.29, 0.717) is 11.6 Å². The topological polar surface area (TPSA) is 58.2 Å². The summed E-state index contributed by atoms with van der Waals surface area (Å²) >= 11 is 0. The van der Waals surface area contributed by atoms with Crippen molar-refractivity contribution in [3.05, 3.63) is 65.7 Å². The zero-order valence-corrected chi connectivity index (χ0v) is 13.3. The van der Waals surface area contributed by atoms with Gasteiger partial charge < -0.3 is 10.6 Å². The van der Waals surface area contributed by atoms with Crippen LogP contribution in [-0.2, 0) is 4.79 Å². The van der Waals surface area contributed by atoms with Crippen LogP contribution in [0.4, 0.5) is 14.5 Å². The van der Waals surface area contributed by atoms with Crippen LogP contribution in [0.1, 0.15) is 24.2 Å². The van der Waals surface area contributed by atoms with Gasteiger partial charge in [-0.1, -0.05) is 32.0 Å². The summed E-state index contributed by atoms with van der Waals surface area (Å²) in [4.78, 5) is 24.6. The Balaban J connectivity index is 2.12. The molecule has 0 aliphatic carbocycles. The molecule has 2 aromatic carbocycles.